The summed E-state index contributed by atoms with van der Waals surface area (Å²) < 4.78 is 0. The second kappa shape index (κ2) is 4.87. The highest BCUT2D eigenvalue weighted by Crippen LogP contribution is 2.31. The normalized spacial score (nSPS) is 19.7. The van der Waals surface area contributed by atoms with E-state index in [0.717, 1.165) is 39.0 Å². The van der Waals surface area contributed by atoms with Crippen molar-refractivity contribution in [3.63, 3.8) is 0 Å². The third-order valence-corrected chi connectivity index (χ3v) is 4.21. The molecule has 0 radical (unpaired) electrons. The summed E-state index contributed by atoms with van der Waals surface area (Å²) in [5, 5.41) is 0. The Hall–Kier alpha value is -1.51. The largest absolute Gasteiger partial charge is 0.368 e. The topological polar surface area (TPSA) is 23.6 Å². The number of nitrogens with zero attached hydrogens (tertiary/aromatic N) is 2. The average molecular weight is 258 g/mol. The van der Waals surface area contributed by atoms with E-state index in [1.165, 1.54) is 16.8 Å². The summed E-state index contributed by atoms with van der Waals surface area (Å²) in [5.41, 5.74) is 3.97. The van der Waals surface area contributed by atoms with Gasteiger partial charge in [-0.2, -0.15) is 0 Å². The fraction of sp³-hybridized carbons (Fsp3) is 0.562. The first kappa shape index (κ1) is 12.5. The van der Waals surface area contributed by atoms with Gasteiger partial charge in [-0.15, -0.1) is 0 Å². The van der Waals surface area contributed by atoms with Gasteiger partial charge in [0.1, 0.15) is 0 Å². The zero-order chi connectivity index (χ0) is 13.4. The second-order valence-corrected chi connectivity index (χ2v) is 5.88. The molecule has 1 saturated carbocycles. The number of benzene rings is 1. The lowest BCUT2D eigenvalue weighted by Gasteiger charge is -2.37. The predicted molar refractivity (Wildman–Crippen MR) is 77.4 cm³/mol. The van der Waals surface area contributed by atoms with Gasteiger partial charge in [-0.25, -0.2) is 0 Å². The number of carbonyl (C=O) groups excluding carboxylic acids is 1. The summed E-state index contributed by atoms with van der Waals surface area (Å²) in [6.45, 7) is 7.98. The average Bonchev–Trinajstić information content (AvgIpc) is 3.22. The molecule has 1 aliphatic carbocycles. The zero-order valence-electron chi connectivity index (χ0n) is 11.9. The molecule has 2 aliphatic rings. The van der Waals surface area contributed by atoms with Crippen LogP contribution in [0, 0.1) is 19.8 Å². The van der Waals surface area contributed by atoms with Crippen LogP contribution in [0.15, 0.2) is 18.2 Å². The number of hydrogen-bond donors (Lipinski definition) is 0. The Morgan fingerprint density at radius 3 is 2.37 bits per heavy atom. The van der Waals surface area contributed by atoms with E-state index < -0.39 is 0 Å². The maximum absolute atomic E-state index is 12.0. The van der Waals surface area contributed by atoms with Crippen molar-refractivity contribution in [3.05, 3.63) is 29.3 Å². The van der Waals surface area contributed by atoms with Crippen molar-refractivity contribution < 1.29 is 4.79 Å². The van der Waals surface area contributed by atoms with Crippen LogP contribution in [-0.2, 0) is 4.79 Å². The number of piperazine rings is 1. The maximum Gasteiger partial charge on any atom is 0.225 e. The summed E-state index contributed by atoms with van der Waals surface area (Å²) >= 11 is 0. The van der Waals surface area contributed by atoms with Gasteiger partial charge in [-0.3, -0.25) is 4.79 Å². The minimum atomic E-state index is 0.354. The number of aryl methyl sites for hydroxylation is 2. The van der Waals surface area contributed by atoms with Crippen LogP contribution in [0.2, 0.25) is 0 Å². The van der Waals surface area contributed by atoms with Crippen molar-refractivity contribution in [1.29, 1.82) is 0 Å². The van der Waals surface area contributed by atoms with Gasteiger partial charge >= 0.3 is 0 Å². The maximum atomic E-state index is 12.0. The molecule has 19 heavy (non-hydrogen) atoms. The van der Waals surface area contributed by atoms with Gasteiger partial charge in [0, 0.05) is 37.8 Å². The summed E-state index contributed by atoms with van der Waals surface area (Å²) in [7, 11) is 0. The van der Waals surface area contributed by atoms with E-state index in [4.69, 9.17) is 0 Å². The number of anilines is 1. The monoisotopic (exact) mass is 258 g/mol. The van der Waals surface area contributed by atoms with E-state index in [1.54, 1.807) is 0 Å². The van der Waals surface area contributed by atoms with E-state index in [9.17, 15) is 4.79 Å². The van der Waals surface area contributed by atoms with Crippen molar-refractivity contribution >= 4 is 11.6 Å². The standard InChI is InChI=1S/C16H22N2O/c1-12-3-6-15(13(2)11-12)17-7-9-18(10-8-17)16(19)14-4-5-14/h3,6,11,14H,4-5,7-10H2,1-2H3. The molecule has 1 aliphatic heterocycles. The minimum Gasteiger partial charge on any atom is -0.368 e. The summed E-state index contributed by atoms with van der Waals surface area (Å²) in [6, 6.07) is 6.62. The van der Waals surface area contributed by atoms with Gasteiger partial charge in [-0.05, 0) is 38.3 Å². The van der Waals surface area contributed by atoms with Crippen molar-refractivity contribution in [2.45, 2.75) is 26.7 Å². The molecule has 1 aromatic carbocycles. The van der Waals surface area contributed by atoms with Crippen LogP contribution in [0.3, 0.4) is 0 Å². The van der Waals surface area contributed by atoms with Gasteiger partial charge in [-0.1, -0.05) is 17.7 Å². The van der Waals surface area contributed by atoms with Gasteiger partial charge in [0.15, 0.2) is 0 Å². The molecule has 1 amide bonds. The molecule has 0 N–H and O–H groups in total. The molecule has 2 fully saturated rings. The highest BCUT2D eigenvalue weighted by atomic mass is 16.2. The van der Waals surface area contributed by atoms with Crippen molar-refractivity contribution in [3.8, 4) is 0 Å². The fourth-order valence-electron chi connectivity index (χ4n) is 2.92. The molecule has 0 unspecified atom stereocenters. The summed E-state index contributed by atoms with van der Waals surface area (Å²) in [5.74, 6) is 0.743. The third kappa shape index (κ3) is 2.60. The van der Waals surface area contributed by atoms with Crippen LogP contribution in [0.4, 0.5) is 5.69 Å². The third-order valence-electron chi connectivity index (χ3n) is 4.21. The molecule has 0 spiro atoms. The van der Waals surface area contributed by atoms with E-state index >= 15 is 0 Å². The zero-order valence-corrected chi connectivity index (χ0v) is 11.9. The van der Waals surface area contributed by atoms with Crippen molar-refractivity contribution in [1.82, 2.24) is 4.90 Å². The molecule has 1 saturated heterocycles. The van der Waals surface area contributed by atoms with E-state index in [2.05, 4.69) is 41.8 Å². The lowest BCUT2D eigenvalue weighted by atomic mass is 10.1. The first-order valence-electron chi connectivity index (χ1n) is 7.26. The molecule has 0 aromatic heterocycles. The molecule has 3 rings (SSSR count). The molecule has 0 bridgehead atoms. The summed E-state index contributed by atoms with van der Waals surface area (Å²) in [6.07, 6.45) is 2.21. The molecule has 3 nitrogen and oxygen atoms in total. The Labute approximate surface area is 115 Å². The second-order valence-electron chi connectivity index (χ2n) is 5.88. The molecule has 0 atom stereocenters. The Morgan fingerprint density at radius 1 is 1.11 bits per heavy atom. The molecule has 102 valence electrons. The smallest absolute Gasteiger partial charge is 0.225 e. The lowest BCUT2D eigenvalue weighted by molar-refractivity contribution is -0.132. The molecule has 1 heterocycles. The number of rotatable bonds is 2. The van der Waals surface area contributed by atoms with Crippen LogP contribution in [-0.4, -0.2) is 37.0 Å². The Kier molecular flexibility index (Phi) is 3.21. The fourth-order valence-corrected chi connectivity index (χ4v) is 2.92. The quantitative estimate of drug-likeness (QED) is 0.813. The van der Waals surface area contributed by atoms with Gasteiger partial charge in [0.2, 0.25) is 5.91 Å². The van der Waals surface area contributed by atoms with Crippen LogP contribution in [0.1, 0.15) is 24.0 Å². The van der Waals surface area contributed by atoms with Gasteiger partial charge in [0.05, 0.1) is 0 Å². The summed E-state index contributed by atoms with van der Waals surface area (Å²) in [4.78, 5) is 16.5. The number of amides is 1. The van der Waals surface area contributed by atoms with Crippen molar-refractivity contribution in [2.75, 3.05) is 31.1 Å². The molecular formula is C16H22N2O. The van der Waals surface area contributed by atoms with Crippen LogP contribution < -0.4 is 4.90 Å². The van der Waals surface area contributed by atoms with E-state index in [-0.39, 0.29) is 0 Å². The van der Waals surface area contributed by atoms with E-state index in [1.807, 2.05) is 0 Å². The van der Waals surface area contributed by atoms with Crippen LogP contribution >= 0.6 is 0 Å². The Bertz CT molecular complexity index is 486. The molecular weight excluding hydrogens is 236 g/mol. The predicted octanol–water partition coefficient (Wildman–Crippen LogP) is 2.36. The van der Waals surface area contributed by atoms with E-state index in [0.29, 0.717) is 11.8 Å². The lowest BCUT2D eigenvalue weighted by Crippen LogP contribution is -2.49. The first-order chi connectivity index (χ1) is 9.15. The Balaban J connectivity index is 1.64. The number of hydrogen-bond acceptors (Lipinski definition) is 2. The highest BCUT2D eigenvalue weighted by molar-refractivity contribution is 5.81. The van der Waals surface area contributed by atoms with Gasteiger partial charge in [0.25, 0.3) is 0 Å². The SMILES string of the molecule is Cc1ccc(N2CCN(C(=O)C3CC3)CC2)c(C)c1. The highest BCUT2D eigenvalue weighted by Gasteiger charge is 2.34. The van der Waals surface area contributed by atoms with Crippen LogP contribution in [0.5, 0.6) is 0 Å². The molecule has 3 heteroatoms. The first-order valence-corrected chi connectivity index (χ1v) is 7.26. The van der Waals surface area contributed by atoms with Crippen LogP contribution in [0.25, 0.3) is 0 Å². The molecule has 1 aromatic rings. The van der Waals surface area contributed by atoms with Gasteiger partial charge < -0.3 is 9.80 Å². The minimum absolute atomic E-state index is 0.354. The number of carbonyl (C=O) groups is 1. The van der Waals surface area contributed by atoms with Crippen molar-refractivity contribution in [2.24, 2.45) is 5.92 Å². The Morgan fingerprint density at radius 2 is 1.79 bits per heavy atom.